The van der Waals surface area contributed by atoms with Crippen molar-refractivity contribution >= 4 is 0 Å². The minimum absolute atomic E-state index is 0.346. The summed E-state index contributed by atoms with van der Waals surface area (Å²) in [5.41, 5.74) is 1.74. The predicted molar refractivity (Wildman–Crippen MR) is 63.2 cm³/mol. The smallest absolute Gasteiger partial charge is 0.130 e. The average molecular weight is 210 g/mol. The van der Waals surface area contributed by atoms with Crippen molar-refractivity contribution in [2.45, 2.75) is 33.3 Å². The highest BCUT2D eigenvalue weighted by atomic mass is 19.1. The summed E-state index contributed by atoms with van der Waals surface area (Å²) in [6.07, 6.45) is 3.22. The second-order valence-corrected chi connectivity index (χ2v) is 3.79. The van der Waals surface area contributed by atoms with Crippen LogP contribution in [0, 0.1) is 0 Å². The van der Waals surface area contributed by atoms with E-state index in [0.29, 0.717) is 17.6 Å². The molecule has 15 heavy (non-hydrogen) atoms. The van der Waals surface area contributed by atoms with Gasteiger partial charge in [0, 0.05) is 5.57 Å². The molecule has 1 unspecified atom stereocenters. The van der Waals surface area contributed by atoms with Gasteiger partial charge in [-0.05, 0) is 38.8 Å². The van der Waals surface area contributed by atoms with Crippen LogP contribution in [0.3, 0.4) is 0 Å². The van der Waals surface area contributed by atoms with Gasteiger partial charge in [0.25, 0.3) is 0 Å². The summed E-state index contributed by atoms with van der Waals surface area (Å²) in [6, 6.07) is 0. The summed E-state index contributed by atoms with van der Waals surface area (Å²) < 4.78 is 13.4. The third-order valence-electron chi connectivity index (χ3n) is 1.90. The van der Waals surface area contributed by atoms with Crippen molar-refractivity contribution in [2.24, 2.45) is 0 Å². The summed E-state index contributed by atoms with van der Waals surface area (Å²) in [5.74, 6) is -0.373. The van der Waals surface area contributed by atoms with Crippen molar-refractivity contribution in [3.05, 3.63) is 47.9 Å². The van der Waals surface area contributed by atoms with E-state index < -0.39 is 6.10 Å². The molecule has 0 amide bonds. The first-order valence-corrected chi connectivity index (χ1v) is 4.91. The van der Waals surface area contributed by atoms with Crippen LogP contribution in [0.25, 0.3) is 0 Å². The third-order valence-corrected chi connectivity index (χ3v) is 1.90. The molecule has 0 aliphatic carbocycles. The van der Waals surface area contributed by atoms with Gasteiger partial charge >= 0.3 is 0 Å². The molecule has 84 valence electrons. The zero-order valence-electron chi connectivity index (χ0n) is 9.68. The molecule has 1 N–H and O–H groups in total. The largest absolute Gasteiger partial charge is 0.393 e. The molecular weight excluding hydrogens is 191 g/mol. The van der Waals surface area contributed by atoms with E-state index in [-0.39, 0.29) is 5.83 Å². The molecular formula is C13H19FO. The highest BCUT2D eigenvalue weighted by Gasteiger charge is 2.04. The van der Waals surface area contributed by atoms with E-state index in [1.54, 1.807) is 26.8 Å². The van der Waals surface area contributed by atoms with Gasteiger partial charge in [-0.2, -0.15) is 0 Å². The molecule has 0 aliphatic heterocycles. The minimum atomic E-state index is -0.416. The lowest BCUT2D eigenvalue weighted by molar-refractivity contribution is 0.198. The minimum Gasteiger partial charge on any atom is -0.393 e. The van der Waals surface area contributed by atoms with Gasteiger partial charge in [0.2, 0.25) is 0 Å². The Morgan fingerprint density at radius 1 is 1.40 bits per heavy atom. The van der Waals surface area contributed by atoms with E-state index in [1.165, 1.54) is 6.08 Å². The van der Waals surface area contributed by atoms with E-state index in [0.717, 1.165) is 5.57 Å². The second kappa shape index (κ2) is 6.36. The Morgan fingerprint density at radius 2 is 1.93 bits per heavy atom. The Bertz CT molecular complexity index is 308. The van der Waals surface area contributed by atoms with Crippen LogP contribution in [0.15, 0.2) is 47.9 Å². The summed E-state index contributed by atoms with van der Waals surface area (Å²) in [4.78, 5) is 0. The lowest BCUT2D eigenvalue weighted by atomic mass is 10.1. The summed E-state index contributed by atoms with van der Waals surface area (Å²) in [7, 11) is 0. The SMILES string of the molecule is C=C(C)/C=C(/F)C(=C)/C(C)=C/CC(C)O. The van der Waals surface area contributed by atoms with Crippen molar-refractivity contribution in [3.63, 3.8) is 0 Å². The molecule has 0 rings (SSSR count). The van der Waals surface area contributed by atoms with Gasteiger partial charge in [-0.15, -0.1) is 0 Å². The fourth-order valence-electron chi connectivity index (χ4n) is 0.962. The van der Waals surface area contributed by atoms with Crippen molar-refractivity contribution in [1.82, 2.24) is 0 Å². The van der Waals surface area contributed by atoms with Crippen molar-refractivity contribution in [2.75, 3.05) is 0 Å². The van der Waals surface area contributed by atoms with Gasteiger partial charge in [-0.1, -0.05) is 24.8 Å². The molecule has 2 heteroatoms. The van der Waals surface area contributed by atoms with Crippen LogP contribution in [0.4, 0.5) is 4.39 Å². The maximum absolute atomic E-state index is 13.4. The van der Waals surface area contributed by atoms with E-state index in [9.17, 15) is 4.39 Å². The maximum atomic E-state index is 13.4. The number of aliphatic hydroxyl groups is 1. The van der Waals surface area contributed by atoms with Crippen LogP contribution in [0.1, 0.15) is 27.2 Å². The monoisotopic (exact) mass is 210 g/mol. The maximum Gasteiger partial charge on any atom is 0.130 e. The highest BCUT2D eigenvalue weighted by Crippen LogP contribution is 2.20. The van der Waals surface area contributed by atoms with Crippen molar-refractivity contribution < 1.29 is 9.50 Å². The third kappa shape index (κ3) is 6.02. The molecule has 0 spiro atoms. The topological polar surface area (TPSA) is 20.2 Å². The van der Waals surface area contributed by atoms with E-state index in [1.807, 2.05) is 0 Å². The van der Waals surface area contributed by atoms with Crippen LogP contribution in [-0.4, -0.2) is 11.2 Å². The number of aliphatic hydroxyl groups excluding tert-OH is 1. The zero-order valence-corrected chi connectivity index (χ0v) is 9.68. The second-order valence-electron chi connectivity index (χ2n) is 3.79. The molecule has 0 bridgehead atoms. The van der Waals surface area contributed by atoms with Crippen molar-refractivity contribution in [3.8, 4) is 0 Å². The summed E-state index contributed by atoms with van der Waals surface area (Å²) in [6.45, 7) is 12.4. The molecule has 0 fully saturated rings. The van der Waals surface area contributed by atoms with Crippen LogP contribution < -0.4 is 0 Å². The molecule has 0 aliphatic rings. The molecule has 0 saturated carbocycles. The fourth-order valence-corrected chi connectivity index (χ4v) is 0.962. The van der Waals surface area contributed by atoms with E-state index in [4.69, 9.17) is 5.11 Å². The van der Waals surface area contributed by atoms with Crippen LogP contribution in [-0.2, 0) is 0 Å². The quantitative estimate of drug-likeness (QED) is 0.686. The molecule has 0 aromatic heterocycles. The first-order valence-electron chi connectivity index (χ1n) is 4.91. The molecule has 1 nitrogen and oxygen atoms in total. The van der Waals surface area contributed by atoms with E-state index in [2.05, 4.69) is 13.2 Å². The fraction of sp³-hybridized carbons (Fsp3) is 0.385. The highest BCUT2D eigenvalue weighted by molar-refractivity contribution is 5.42. The molecule has 0 aromatic carbocycles. The molecule has 0 saturated heterocycles. The van der Waals surface area contributed by atoms with Gasteiger partial charge in [0.15, 0.2) is 0 Å². The Kier molecular flexibility index (Phi) is 5.87. The number of halogens is 1. The zero-order chi connectivity index (χ0) is 12.0. The Labute approximate surface area is 91.3 Å². The number of rotatable bonds is 5. The van der Waals surface area contributed by atoms with Gasteiger partial charge < -0.3 is 5.11 Å². The first-order chi connectivity index (χ1) is 6.84. The number of hydrogen-bond acceptors (Lipinski definition) is 1. The first kappa shape index (κ1) is 13.8. The van der Waals surface area contributed by atoms with Crippen LogP contribution >= 0.6 is 0 Å². The Hall–Kier alpha value is -1.15. The predicted octanol–water partition coefficient (Wildman–Crippen LogP) is 3.69. The van der Waals surface area contributed by atoms with Crippen molar-refractivity contribution in [1.29, 1.82) is 0 Å². The number of allylic oxidation sites excluding steroid dienone is 5. The molecule has 0 radical (unpaired) electrons. The number of hydrogen-bond donors (Lipinski definition) is 1. The molecule has 0 heterocycles. The Morgan fingerprint density at radius 3 is 2.33 bits per heavy atom. The lowest BCUT2D eigenvalue weighted by Gasteiger charge is -2.05. The Balaban J connectivity index is 4.58. The van der Waals surface area contributed by atoms with Crippen LogP contribution in [0.5, 0.6) is 0 Å². The van der Waals surface area contributed by atoms with Gasteiger partial charge in [-0.25, -0.2) is 4.39 Å². The molecule has 0 aromatic rings. The van der Waals surface area contributed by atoms with Crippen LogP contribution in [0.2, 0.25) is 0 Å². The van der Waals surface area contributed by atoms with E-state index >= 15 is 0 Å². The standard InChI is InChI=1S/C13H19FO/c1-9(2)8-13(14)12(5)10(3)6-7-11(4)15/h6,8,11,15H,1,5,7H2,2-4H3/b10-6+,13-8+. The van der Waals surface area contributed by atoms with Gasteiger partial charge in [0.05, 0.1) is 6.10 Å². The molecule has 1 atom stereocenters. The average Bonchev–Trinajstić information content (AvgIpc) is 2.11. The summed E-state index contributed by atoms with van der Waals surface area (Å²) >= 11 is 0. The lowest BCUT2D eigenvalue weighted by Crippen LogP contribution is -1.97. The normalized spacial score (nSPS) is 15.0. The summed E-state index contributed by atoms with van der Waals surface area (Å²) in [5, 5.41) is 9.07. The van der Waals surface area contributed by atoms with Gasteiger partial charge in [0.1, 0.15) is 5.83 Å². The van der Waals surface area contributed by atoms with Gasteiger partial charge in [-0.3, -0.25) is 0 Å².